The summed E-state index contributed by atoms with van der Waals surface area (Å²) in [5.41, 5.74) is 0.574. The van der Waals surface area contributed by atoms with Gasteiger partial charge in [0, 0.05) is 10.5 Å². The van der Waals surface area contributed by atoms with E-state index in [-0.39, 0.29) is 12.1 Å². The lowest BCUT2D eigenvalue weighted by atomic mass is 10.1. The fourth-order valence-electron chi connectivity index (χ4n) is 1.08. The molecule has 0 unspecified atom stereocenters. The zero-order valence-electron chi connectivity index (χ0n) is 8.20. The number of esters is 1. The molecule has 0 aromatic heterocycles. The first-order chi connectivity index (χ1) is 7.47. The number of halogens is 2. The molecule has 0 atom stereocenters. The Hall–Kier alpha value is -0.950. The van der Waals surface area contributed by atoms with E-state index in [9.17, 15) is 14.9 Å². The summed E-state index contributed by atoms with van der Waals surface area (Å²) in [6.07, 6.45) is 0.0632. The highest BCUT2D eigenvalue weighted by Crippen LogP contribution is 2.35. The van der Waals surface area contributed by atoms with E-state index in [0.29, 0.717) is 14.5 Å². The van der Waals surface area contributed by atoms with Crippen molar-refractivity contribution in [3.63, 3.8) is 0 Å². The summed E-state index contributed by atoms with van der Waals surface area (Å²) < 4.78 is 5.33. The molecule has 0 radical (unpaired) electrons. The third kappa shape index (κ3) is 2.79. The van der Waals surface area contributed by atoms with Crippen LogP contribution in [-0.2, 0) is 16.0 Å². The van der Waals surface area contributed by atoms with Crippen LogP contribution < -0.4 is 0 Å². The Bertz CT molecular complexity index is 447. The standard InChI is InChI=1S/C9H7Br2NO4/c1-16-7(13)4-5-2-3-6(12(14)15)9(11)8(5)10/h2-3H,4H2,1H3. The van der Waals surface area contributed by atoms with E-state index in [0.717, 1.165) is 0 Å². The SMILES string of the molecule is COC(=O)Cc1ccc([N+](=O)[O-])c(Br)c1Br. The minimum Gasteiger partial charge on any atom is -0.469 e. The van der Waals surface area contributed by atoms with Crippen molar-refractivity contribution < 1.29 is 14.5 Å². The summed E-state index contributed by atoms with van der Waals surface area (Å²) in [4.78, 5) is 21.2. The number of nitro benzene ring substituents is 1. The van der Waals surface area contributed by atoms with E-state index < -0.39 is 10.9 Å². The van der Waals surface area contributed by atoms with Crippen LogP contribution in [0.5, 0.6) is 0 Å². The smallest absolute Gasteiger partial charge is 0.310 e. The largest absolute Gasteiger partial charge is 0.469 e. The van der Waals surface area contributed by atoms with E-state index in [1.54, 1.807) is 0 Å². The number of benzene rings is 1. The van der Waals surface area contributed by atoms with Gasteiger partial charge in [0.1, 0.15) is 4.47 Å². The molecule has 0 aliphatic rings. The van der Waals surface area contributed by atoms with Crippen LogP contribution in [0.1, 0.15) is 5.56 Å². The van der Waals surface area contributed by atoms with Gasteiger partial charge in [0.2, 0.25) is 0 Å². The molecule has 0 aliphatic heterocycles. The van der Waals surface area contributed by atoms with Crippen molar-refractivity contribution in [2.24, 2.45) is 0 Å². The molecule has 1 rings (SSSR count). The molecule has 1 aromatic rings. The van der Waals surface area contributed by atoms with E-state index in [2.05, 4.69) is 36.6 Å². The monoisotopic (exact) mass is 351 g/mol. The van der Waals surface area contributed by atoms with Gasteiger partial charge >= 0.3 is 5.97 Å². The molecule has 0 aliphatic carbocycles. The van der Waals surface area contributed by atoms with Crippen molar-refractivity contribution in [2.45, 2.75) is 6.42 Å². The third-order valence-electron chi connectivity index (χ3n) is 1.90. The van der Waals surface area contributed by atoms with Gasteiger partial charge in [-0.25, -0.2) is 0 Å². The average molecular weight is 353 g/mol. The molecule has 0 saturated carbocycles. The quantitative estimate of drug-likeness (QED) is 0.476. The van der Waals surface area contributed by atoms with Crippen LogP contribution in [0.4, 0.5) is 5.69 Å². The van der Waals surface area contributed by atoms with Crippen molar-refractivity contribution in [1.82, 2.24) is 0 Å². The number of nitrogens with zero attached hydrogens (tertiary/aromatic N) is 1. The molecule has 1 aromatic carbocycles. The summed E-state index contributed by atoms with van der Waals surface area (Å²) in [5.74, 6) is -0.401. The van der Waals surface area contributed by atoms with Gasteiger partial charge in [-0.05, 0) is 37.4 Å². The maximum Gasteiger partial charge on any atom is 0.310 e. The van der Waals surface area contributed by atoms with Gasteiger partial charge < -0.3 is 4.74 Å². The van der Waals surface area contributed by atoms with Crippen LogP contribution in [0.15, 0.2) is 21.1 Å². The summed E-state index contributed by atoms with van der Waals surface area (Å²) >= 11 is 6.30. The summed E-state index contributed by atoms with van der Waals surface area (Å²) in [7, 11) is 1.29. The topological polar surface area (TPSA) is 69.4 Å². The van der Waals surface area contributed by atoms with Crippen LogP contribution in [-0.4, -0.2) is 18.0 Å². The van der Waals surface area contributed by atoms with Crippen LogP contribution in [0.25, 0.3) is 0 Å². The average Bonchev–Trinajstić information content (AvgIpc) is 2.24. The van der Waals surface area contributed by atoms with Gasteiger partial charge in [-0.2, -0.15) is 0 Å². The van der Waals surface area contributed by atoms with Gasteiger partial charge in [-0.3, -0.25) is 14.9 Å². The minimum atomic E-state index is -0.503. The van der Waals surface area contributed by atoms with E-state index in [1.807, 2.05) is 0 Å². The lowest BCUT2D eigenvalue weighted by Gasteiger charge is -2.05. The van der Waals surface area contributed by atoms with E-state index in [1.165, 1.54) is 19.2 Å². The normalized spacial score (nSPS) is 9.94. The molecule has 0 heterocycles. The van der Waals surface area contributed by atoms with Gasteiger partial charge in [0.05, 0.1) is 18.5 Å². The zero-order chi connectivity index (χ0) is 12.3. The maximum atomic E-state index is 11.1. The number of hydrogen-bond donors (Lipinski definition) is 0. The maximum absolute atomic E-state index is 11.1. The first-order valence-electron chi connectivity index (χ1n) is 4.15. The molecule has 0 spiro atoms. The molecule has 0 bridgehead atoms. The fourth-order valence-corrected chi connectivity index (χ4v) is 2.09. The molecule has 7 heteroatoms. The number of nitro groups is 1. The van der Waals surface area contributed by atoms with Gasteiger partial charge in [0.25, 0.3) is 5.69 Å². The first-order valence-corrected chi connectivity index (χ1v) is 5.74. The third-order valence-corrected chi connectivity index (χ3v) is 4.14. The predicted octanol–water partition coefficient (Wildman–Crippen LogP) is 2.84. The van der Waals surface area contributed by atoms with Crippen LogP contribution in [0.3, 0.4) is 0 Å². The van der Waals surface area contributed by atoms with Crippen molar-refractivity contribution in [3.05, 3.63) is 36.8 Å². The van der Waals surface area contributed by atoms with Gasteiger partial charge in [-0.15, -0.1) is 0 Å². The molecule has 16 heavy (non-hydrogen) atoms. The number of carbonyl (C=O) groups excluding carboxylic acids is 1. The zero-order valence-corrected chi connectivity index (χ0v) is 11.4. The number of methoxy groups -OCH3 is 1. The second kappa shape index (κ2) is 5.40. The Balaban J connectivity index is 3.12. The van der Waals surface area contributed by atoms with Crippen molar-refractivity contribution in [3.8, 4) is 0 Å². The van der Waals surface area contributed by atoms with Crippen molar-refractivity contribution in [2.75, 3.05) is 7.11 Å². The summed E-state index contributed by atoms with van der Waals surface area (Å²) in [5, 5.41) is 10.6. The first kappa shape index (κ1) is 13.1. The van der Waals surface area contributed by atoms with Crippen molar-refractivity contribution >= 4 is 43.5 Å². The highest BCUT2D eigenvalue weighted by atomic mass is 79.9. The van der Waals surface area contributed by atoms with Crippen LogP contribution in [0, 0.1) is 10.1 Å². The van der Waals surface area contributed by atoms with E-state index in [4.69, 9.17) is 0 Å². The van der Waals surface area contributed by atoms with Crippen LogP contribution in [0.2, 0.25) is 0 Å². The number of carbonyl (C=O) groups is 1. The lowest BCUT2D eigenvalue weighted by Crippen LogP contribution is -2.05. The summed E-state index contributed by atoms with van der Waals surface area (Å²) in [6.45, 7) is 0. The Morgan fingerprint density at radius 3 is 2.56 bits per heavy atom. The van der Waals surface area contributed by atoms with Gasteiger partial charge in [0.15, 0.2) is 0 Å². The molecular formula is C9H7Br2NO4. The molecule has 86 valence electrons. The fraction of sp³-hybridized carbons (Fsp3) is 0.222. The minimum absolute atomic E-state index is 0.0551. The van der Waals surface area contributed by atoms with E-state index >= 15 is 0 Å². The molecule has 0 N–H and O–H groups in total. The molecule has 5 nitrogen and oxygen atoms in total. The molecule has 0 saturated heterocycles. The lowest BCUT2D eigenvalue weighted by molar-refractivity contribution is -0.385. The Kier molecular flexibility index (Phi) is 4.43. The highest BCUT2D eigenvalue weighted by molar-refractivity contribution is 9.13. The van der Waals surface area contributed by atoms with Crippen LogP contribution >= 0.6 is 31.9 Å². The molecule has 0 amide bonds. The number of rotatable bonds is 3. The van der Waals surface area contributed by atoms with Gasteiger partial charge in [-0.1, -0.05) is 6.07 Å². The number of hydrogen-bond acceptors (Lipinski definition) is 4. The number of ether oxygens (including phenoxy) is 1. The molecule has 0 fully saturated rings. The highest BCUT2D eigenvalue weighted by Gasteiger charge is 2.18. The van der Waals surface area contributed by atoms with Crippen molar-refractivity contribution in [1.29, 1.82) is 0 Å². The Labute approximate surface area is 108 Å². The Morgan fingerprint density at radius 1 is 1.44 bits per heavy atom. The second-order valence-corrected chi connectivity index (χ2v) is 4.47. The predicted molar refractivity (Wildman–Crippen MR) is 64.2 cm³/mol. The molecular weight excluding hydrogens is 346 g/mol. The summed E-state index contributed by atoms with van der Waals surface area (Å²) in [6, 6.07) is 2.86. The Morgan fingerprint density at radius 2 is 2.06 bits per heavy atom. The second-order valence-electron chi connectivity index (χ2n) is 2.88.